The van der Waals surface area contributed by atoms with E-state index in [1.807, 2.05) is 0 Å². The van der Waals surface area contributed by atoms with Gasteiger partial charge in [0.2, 0.25) is 17.6 Å². The lowest BCUT2D eigenvalue weighted by Crippen LogP contribution is -2.32. The lowest BCUT2D eigenvalue weighted by Gasteiger charge is -2.21. The fourth-order valence-electron chi connectivity index (χ4n) is 3.29. The molecule has 2 heterocycles. The standard InChI is InChI=1S/C20H17F2N3O2/c21-15-7-3-13(4-8-15)12-18(26)25-11-1-2-17(25)20-23-19(24-27-20)14-5-9-16(22)10-6-14/h3-10,17H,1-2,11-12H2. The molecule has 1 atom stereocenters. The predicted molar refractivity (Wildman–Crippen MR) is 93.5 cm³/mol. The molecule has 138 valence electrons. The molecule has 2 aromatic carbocycles. The van der Waals surface area contributed by atoms with Crippen molar-refractivity contribution in [3.05, 3.63) is 71.6 Å². The summed E-state index contributed by atoms with van der Waals surface area (Å²) in [6.07, 6.45) is 1.77. The largest absolute Gasteiger partial charge is 0.337 e. The predicted octanol–water partition coefficient (Wildman–Crippen LogP) is 3.92. The highest BCUT2D eigenvalue weighted by Gasteiger charge is 2.34. The number of nitrogens with zero attached hydrogens (tertiary/aromatic N) is 3. The quantitative estimate of drug-likeness (QED) is 0.699. The fourth-order valence-corrected chi connectivity index (χ4v) is 3.29. The van der Waals surface area contributed by atoms with Gasteiger partial charge in [0.1, 0.15) is 17.7 Å². The molecule has 1 aliphatic heterocycles. The van der Waals surface area contributed by atoms with Crippen molar-refractivity contribution >= 4 is 5.91 Å². The monoisotopic (exact) mass is 369 g/mol. The number of carbonyl (C=O) groups excluding carboxylic acids is 1. The molecule has 4 rings (SSSR count). The Balaban J connectivity index is 1.50. The summed E-state index contributed by atoms with van der Waals surface area (Å²) < 4.78 is 31.5. The van der Waals surface area contributed by atoms with E-state index in [4.69, 9.17) is 4.52 Å². The van der Waals surface area contributed by atoms with E-state index in [0.717, 1.165) is 18.4 Å². The zero-order valence-corrected chi connectivity index (χ0v) is 14.4. The van der Waals surface area contributed by atoms with Crippen LogP contribution in [0.5, 0.6) is 0 Å². The first-order valence-corrected chi connectivity index (χ1v) is 8.73. The Morgan fingerprint density at radius 1 is 1.07 bits per heavy atom. The van der Waals surface area contributed by atoms with Crippen LogP contribution in [0.3, 0.4) is 0 Å². The van der Waals surface area contributed by atoms with Gasteiger partial charge in [-0.15, -0.1) is 0 Å². The maximum atomic E-state index is 13.1. The van der Waals surface area contributed by atoms with Gasteiger partial charge in [0.15, 0.2) is 0 Å². The smallest absolute Gasteiger partial charge is 0.249 e. The maximum absolute atomic E-state index is 13.1. The van der Waals surface area contributed by atoms with Gasteiger partial charge in [-0.25, -0.2) is 8.78 Å². The summed E-state index contributed by atoms with van der Waals surface area (Å²) in [5.74, 6) is 0.00742. The van der Waals surface area contributed by atoms with Gasteiger partial charge in [-0.05, 0) is 54.8 Å². The molecular weight excluding hydrogens is 352 g/mol. The molecule has 1 aliphatic rings. The Hall–Kier alpha value is -3.09. The molecule has 1 amide bonds. The van der Waals surface area contributed by atoms with Crippen molar-refractivity contribution in [2.24, 2.45) is 0 Å². The molecule has 5 nitrogen and oxygen atoms in total. The SMILES string of the molecule is O=C(Cc1ccc(F)cc1)N1CCCC1c1nc(-c2ccc(F)cc2)no1. The first-order chi connectivity index (χ1) is 13.1. The summed E-state index contributed by atoms with van der Waals surface area (Å²) in [4.78, 5) is 18.8. The first kappa shape index (κ1) is 17.3. The van der Waals surface area contributed by atoms with Gasteiger partial charge < -0.3 is 9.42 Å². The van der Waals surface area contributed by atoms with Gasteiger partial charge in [-0.2, -0.15) is 4.98 Å². The van der Waals surface area contributed by atoms with Crippen LogP contribution in [-0.4, -0.2) is 27.5 Å². The molecule has 1 aromatic heterocycles. The molecule has 0 aliphatic carbocycles. The van der Waals surface area contributed by atoms with Crippen LogP contribution in [-0.2, 0) is 11.2 Å². The molecule has 7 heteroatoms. The highest BCUT2D eigenvalue weighted by atomic mass is 19.1. The Bertz CT molecular complexity index is 939. The van der Waals surface area contributed by atoms with Crippen LogP contribution in [0.1, 0.15) is 30.3 Å². The third-order valence-electron chi connectivity index (χ3n) is 4.67. The number of likely N-dealkylation sites (tertiary alicyclic amines) is 1. The second-order valence-corrected chi connectivity index (χ2v) is 6.51. The van der Waals surface area contributed by atoms with E-state index in [1.165, 1.54) is 24.3 Å². The number of aromatic nitrogens is 2. The van der Waals surface area contributed by atoms with Crippen LogP contribution in [0, 0.1) is 11.6 Å². The second-order valence-electron chi connectivity index (χ2n) is 6.51. The van der Waals surface area contributed by atoms with Crippen molar-refractivity contribution in [1.82, 2.24) is 15.0 Å². The highest BCUT2D eigenvalue weighted by molar-refractivity contribution is 5.79. The number of benzene rings is 2. The van der Waals surface area contributed by atoms with Gasteiger partial charge in [0, 0.05) is 12.1 Å². The summed E-state index contributed by atoms with van der Waals surface area (Å²) in [6.45, 7) is 0.610. The van der Waals surface area contributed by atoms with E-state index in [-0.39, 0.29) is 30.0 Å². The van der Waals surface area contributed by atoms with Gasteiger partial charge in [-0.1, -0.05) is 17.3 Å². The van der Waals surface area contributed by atoms with Gasteiger partial charge in [0.25, 0.3) is 0 Å². The number of rotatable bonds is 4. The van der Waals surface area contributed by atoms with Crippen LogP contribution in [0.4, 0.5) is 8.78 Å². The Morgan fingerprint density at radius 3 is 2.44 bits per heavy atom. The van der Waals surface area contributed by atoms with Crippen LogP contribution in [0.15, 0.2) is 53.1 Å². The number of carbonyl (C=O) groups is 1. The van der Waals surface area contributed by atoms with E-state index < -0.39 is 0 Å². The van der Waals surface area contributed by atoms with Crippen molar-refractivity contribution in [3.63, 3.8) is 0 Å². The molecule has 0 spiro atoms. The molecular formula is C20H17F2N3O2. The third kappa shape index (κ3) is 3.72. The first-order valence-electron chi connectivity index (χ1n) is 8.73. The minimum Gasteiger partial charge on any atom is -0.337 e. The number of amides is 1. The number of halogens is 2. The van der Waals surface area contributed by atoms with Crippen molar-refractivity contribution in [1.29, 1.82) is 0 Å². The van der Waals surface area contributed by atoms with Crippen LogP contribution >= 0.6 is 0 Å². The summed E-state index contributed by atoms with van der Waals surface area (Å²) in [7, 11) is 0. The summed E-state index contributed by atoms with van der Waals surface area (Å²) in [5.41, 5.74) is 1.40. The minimum atomic E-state index is -0.337. The van der Waals surface area contributed by atoms with E-state index in [1.54, 1.807) is 29.2 Å². The molecule has 0 N–H and O–H groups in total. The van der Waals surface area contributed by atoms with Crippen molar-refractivity contribution < 1.29 is 18.1 Å². The normalized spacial score (nSPS) is 16.7. The fraction of sp³-hybridized carbons (Fsp3) is 0.250. The lowest BCUT2D eigenvalue weighted by molar-refractivity contribution is -0.131. The zero-order valence-electron chi connectivity index (χ0n) is 14.4. The van der Waals surface area contributed by atoms with Crippen LogP contribution in [0.2, 0.25) is 0 Å². The van der Waals surface area contributed by atoms with Crippen molar-refractivity contribution in [2.75, 3.05) is 6.54 Å². The van der Waals surface area contributed by atoms with E-state index in [2.05, 4.69) is 10.1 Å². The second kappa shape index (κ2) is 7.26. The minimum absolute atomic E-state index is 0.0642. The molecule has 1 saturated heterocycles. The van der Waals surface area contributed by atoms with Gasteiger partial charge in [0.05, 0.1) is 6.42 Å². The van der Waals surface area contributed by atoms with Crippen molar-refractivity contribution in [2.45, 2.75) is 25.3 Å². The average molecular weight is 369 g/mol. The molecule has 0 radical (unpaired) electrons. The topological polar surface area (TPSA) is 59.2 Å². The Labute approximate surface area is 154 Å². The highest BCUT2D eigenvalue weighted by Crippen LogP contribution is 2.32. The number of hydrogen-bond acceptors (Lipinski definition) is 4. The Morgan fingerprint density at radius 2 is 1.74 bits per heavy atom. The summed E-state index contributed by atoms with van der Waals surface area (Å²) in [5, 5.41) is 3.96. The molecule has 1 unspecified atom stereocenters. The Kier molecular flexibility index (Phi) is 4.66. The summed E-state index contributed by atoms with van der Waals surface area (Å²) >= 11 is 0. The van der Waals surface area contributed by atoms with Crippen LogP contribution in [0.25, 0.3) is 11.4 Å². The average Bonchev–Trinajstić information content (AvgIpc) is 3.33. The zero-order chi connectivity index (χ0) is 18.8. The molecule has 0 bridgehead atoms. The molecule has 3 aromatic rings. The molecule has 0 saturated carbocycles. The van der Waals surface area contributed by atoms with E-state index in [9.17, 15) is 13.6 Å². The molecule has 1 fully saturated rings. The third-order valence-corrected chi connectivity index (χ3v) is 4.67. The van der Waals surface area contributed by atoms with E-state index >= 15 is 0 Å². The van der Waals surface area contributed by atoms with Crippen molar-refractivity contribution in [3.8, 4) is 11.4 Å². The van der Waals surface area contributed by atoms with Gasteiger partial charge in [-0.3, -0.25) is 4.79 Å². The molecule has 27 heavy (non-hydrogen) atoms. The maximum Gasteiger partial charge on any atom is 0.249 e. The number of hydrogen-bond donors (Lipinski definition) is 0. The lowest BCUT2D eigenvalue weighted by atomic mass is 10.1. The summed E-state index contributed by atoms with van der Waals surface area (Å²) in [6, 6.07) is 11.5. The van der Waals surface area contributed by atoms with E-state index in [0.29, 0.717) is 23.8 Å². The van der Waals surface area contributed by atoms with Gasteiger partial charge >= 0.3 is 0 Å². The van der Waals surface area contributed by atoms with Crippen LogP contribution < -0.4 is 0 Å².